The highest BCUT2D eigenvalue weighted by Crippen LogP contribution is 2.12. The summed E-state index contributed by atoms with van der Waals surface area (Å²) in [6.07, 6.45) is 3.46. The monoisotopic (exact) mass is 189 g/mol. The van der Waals surface area contributed by atoms with Crippen molar-refractivity contribution in [1.29, 1.82) is 0 Å². The molecule has 0 aliphatic heterocycles. The third-order valence-electron chi connectivity index (χ3n) is 1.76. The Morgan fingerprint density at radius 3 is 2.71 bits per heavy atom. The number of rotatable bonds is 2. The van der Waals surface area contributed by atoms with Crippen LogP contribution in [0.1, 0.15) is 0 Å². The second kappa shape index (κ2) is 3.37. The molecule has 2 aromatic heterocycles. The molecular weight excluding hydrogens is 178 g/mol. The van der Waals surface area contributed by atoms with Crippen LogP contribution in [0.2, 0.25) is 0 Å². The number of aryl methyl sites for hydroxylation is 1. The van der Waals surface area contributed by atoms with Crippen LogP contribution in [-0.4, -0.2) is 14.8 Å². The molecule has 0 unspecified atom stereocenters. The van der Waals surface area contributed by atoms with Crippen molar-refractivity contribution in [3.8, 4) is 0 Å². The van der Waals surface area contributed by atoms with Gasteiger partial charge in [0.05, 0.1) is 11.9 Å². The molecule has 14 heavy (non-hydrogen) atoms. The van der Waals surface area contributed by atoms with Gasteiger partial charge in [-0.15, -0.1) is 0 Å². The summed E-state index contributed by atoms with van der Waals surface area (Å²) in [5, 5.41) is 7.22. The van der Waals surface area contributed by atoms with Crippen LogP contribution >= 0.6 is 0 Å². The van der Waals surface area contributed by atoms with Gasteiger partial charge in [-0.05, 0) is 12.1 Å². The molecule has 0 amide bonds. The summed E-state index contributed by atoms with van der Waals surface area (Å²) in [5.74, 6) is 1.50. The zero-order chi connectivity index (χ0) is 9.97. The van der Waals surface area contributed by atoms with E-state index in [1.165, 1.54) is 0 Å². The highest BCUT2D eigenvalue weighted by molar-refractivity contribution is 5.53. The molecular formula is C9H11N5. The molecule has 0 bridgehead atoms. The van der Waals surface area contributed by atoms with E-state index in [9.17, 15) is 0 Å². The predicted molar refractivity (Wildman–Crippen MR) is 55.1 cm³/mol. The van der Waals surface area contributed by atoms with Crippen molar-refractivity contribution >= 4 is 17.3 Å². The molecule has 3 N–H and O–H groups in total. The molecule has 0 aromatic carbocycles. The number of hydrogen-bond acceptors (Lipinski definition) is 4. The van der Waals surface area contributed by atoms with Crippen molar-refractivity contribution in [1.82, 2.24) is 14.8 Å². The number of hydrogen-bond donors (Lipinski definition) is 2. The van der Waals surface area contributed by atoms with Gasteiger partial charge in [-0.3, -0.25) is 4.68 Å². The number of pyridine rings is 1. The van der Waals surface area contributed by atoms with Gasteiger partial charge >= 0.3 is 0 Å². The molecule has 72 valence electrons. The minimum atomic E-state index is 0.650. The number of aromatic nitrogens is 3. The Labute approximate surface area is 81.6 Å². The lowest BCUT2D eigenvalue weighted by Gasteiger charge is -2.01. The first-order valence-electron chi connectivity index (χ1n) is 4.22. The fourth-order valence-electron chi connectivity index (χ4n) is 1.09. The molecule has 0 fully saturated rings. The third kappa shape index (κ3) is 1.82. The minimum Gasteiger partial charge on any atom is -0.397 e. The van der Waals surface area contributed by atoms with E-state index in [0.29, 0.717) is 5.69 Å². The molecule has 0 aliphatic carbocycles. The van der Waals surface area contributed by atoms with E-state index in [2.05, 4.69) is 15.4 Å². The van der Waals surface area contributed by atoms with E-state index in [4.69, 9.17) is 5.73 Å². The normalized spacial score (nSPS) is 10.1. The second-order valence-electron chi connectivity index (χ2n) is 2.98. The van der Waals surface area contributed by atoms with Gasteiger partial charge in [0.2, 0.25) is 0 Å². The van der Waals surface area contributed by atoms with E-state index >= 15 is 0 Å². The fourth-order valence-corrected chi connectivity index (χ4v) is 1.09. The van der Waals surface area contributed by atoms with Crippen molar-refractivity contribution in [2.75, 3.05) is 11.1 Å². The van der Waals surface area contributed by atoms with Gasteiger partial charge in [0.1, 0.15) is 5.82 Å². The van der Waals surface area contributed by atoms with E-state index < -0.39 is 0 Å². The Kier molecular flexibility index (Phi) is 2.06. The molecule has 0 spiro atoms. The van der Waals surface area contributed by atoms with Crippen LogP contribution in [-0.2, 0) is 7.05 Å². The van der Waals surface area contributed by atoms with Gasteiger partial charge in [-0.25, -0.2) is 4.98 Å². The Bertz CT molecular complexity index is 417. The molecule has 0 radical (unpaired) electrons. The van der Waals surface area contributed by atoms with Crippen molar-refractivity contribution < 1.29 is 0 Å². The summed E-state index contributed by atoms with van der Waals surface area (Å²) in [6, 6.07) is 5.47. The van der Waals surface area contributed by atoms with Crippen LogP contribution in [0.25, 0.3) is 0 Å². The van der Waals surface area contributed by atoms with E-state index in [1.54, 1.807) is 16.9 Å². The minimum absolute atomic E-state index is 0.650. The molecule has 0 saturated heterocycles. The SMILES string of the molecule is Cn1ccc(Nc2ccc(N)cn2)n1. The van der Waals surface area contributed by atoms with E-state index in [1.807, 2.05) is 25.4 Å². The molecule has 0 atom stereocenters. The molecule has 5 heteroatoms. The van der Waals surface area contributed by atoms with Gasteiger partial charge in [0.15, 0.2) is 5.82 Å². The molecule has 2 aromatic rings. The second-order valence-corrected chi connectivity index (χ2v) is 2.98. The Morgan fingerprint density at radius 2 is 2.14 bits per heavy atom. The zero-order valence-electron chi connectivity index (χ0n) is 7.81. The summed E-state index contributed by atoms with van der Waals surface area (Å²) in [7, 11) is 1.86. The van der Waals surface area contributed by atoms with Gasteiger partial charge in [0, 0.05) is 19.3 Å². The zero-order valence-corrected chi connectivity index (χ0v) is 7.81. The van der Waals surface area contributed by atoms with Crippen LogP contribution in [0, 0.1) is 0 Å². The van der Waals surface area contributed by atoms with Crippen molar-refractivity contribution in [3.63, 3.8) is 0 Å². The number of nitrogen functional groups attached to an aromatic ring is 1. The molecule has 0 aliphatic rings. The highest BCUT2D eigenvalue weighted by Gasteiger charge is 1.97. The highest BCUT2D eigenvalue weighted by atomic mass is 15.3. The summed E-state index contributed by atoms with van der Waals surface area (Å²) >= 11 is 0. The van der Waals surface area contributed by atoms with Crippen LogP contribution in [0.15, 0.2) is 30.6 Å². The maximum atomic E-state index is 5.51. The number of anilines is 3. The van der Waals surface area contributed by atoms with Crippen LogP contribution in [0.4, 0.5) is 17.3 Å². The number of nitrogens with two attached hydrogens (primary N) is 1. The average Bonchev–Trinajstić information content (AvgIpc) is 2.56. The summed E-state index contributed by atoms with van der Waals surface area (Å²) < 4.78 is 1.72. The first-order valence-corrected chi connectivity index (χ1v) is 4.22. The third-order valence-corrected chi connectivity index (χ3v) is 1.76. The summed E-state index contributed by atoms with van der Waals surface area (Å²) in [5.41, 5.74) is 6.16. The summed E-state index contributed by atoms with van der Waals surface area (Å²) in [4.78, 5) is 4.10. The lowest BCUT2D eigenvalue weighted by molar-refractivity contribution is 0.771. The maximum absolute atomic E-state index is 5.51. The summed E-state index contributed by atoms with van der Waals surface area (Å²) in [6.45, 7) is 0. The van der Waals surface area contributed by atoms with Crippen LogP contribution in [0.3, 0.4) is 0 Å². The standard InChI is InChI=1S/C9H11N5/c1-14-5-4-9(13-14)12-8-3-2-7(10)6-11-8/h2-6H,10H2,1H3,(H,11,12,13). The Morgan fingerprint density at radius 1 is 1.29 bits per heavy atom. The average molecular weight is 189 g/mol. The lowest BCUT2D eigenvalue weighted by Crippen LogP contribution is -1.96. The number of nitrogens with zero attached hydrogens (tertiary/aromatic N) is 3. The van der Waals surface area contributed by atoms with Crippen molar-refractivity contribution in [2.24, 2.45) is 7.05 Å². The van der Waals surface area contributed by atoms with Crippen LogP contribution < -0.4 is 11.1 Å². The largest absolute Gasteiger partial charge is 0.397 e. The van der Waals surface area contributed by atoms with E-state index in [0.717, 1.165) is 11.6 Å². The fraction of sp³-hybridized carbons (Fsp3) is 0.111. The van der Waals surface area contributed by atoms with Gasteiger partial charge < -0.3 is 11.1 Å². The van der Waals surface area contributed by atoms with Crippen molar-refractivity contribution in [2.45, 2.75) is 0 Å². The maximum Gasteiger partial charge on any atom is 0.153 e. The molecule has 5 nitrogen and oxygen atoms in total. The molecule has 0 saturated carbocycles. The van der Waals surface area contributed by atoms with Crippen molar-refractivity contribution in [3.05, 3.63) is 30.6 Å². The molecule has 2 heterocycles. The first kappa shape index (κ1) is 8.55. The number of nitrogens with one attached hydrogen (secondary N) is 1. The van der Waals surface area contributed by atoms with Gasteiger partial charge in [0.25, 0.3) is 0 Å². The Hall–Kier alpha value is -2.04. The smallest absolute Gasteiger partial charge is 0.153 e. The van der Waals surface area contributed by atoms with Gasteiger partial charge in [-0.1, -0.05) is 0 Å². The Balaban J connectivity index is 2.15. The topological polar surface area (TPSA) is 68.8 Å². The quantitative estimate of drug-likeness (QED) is 0.743. The molecule has 2 rings (SSSR count). The van der Waals surface area contributed by atoms with E-state index in [-0.39, 0.29) is 0 Å². The first-order chi connectivity index (χ1) is 6.74. The van der Waals surface area contributed by atoms with Gasteiger partial charge in [-0.2, -0.15) is 5.10 Å². The van der Waals surface area contributed by atoms with Crippen LogP contribution in [0.5, 0.6) is 0 Å². The predicted octanol–water partition coefficient (Wildman–Crippen LogP) is 1.14. The lowest BCUT2D eigenvalue weighted by atomic mass is 10.4.